The highest BCUT2D eigenvalue weighted by Crippen LogP contribution is 2.28. The van der Waals surface area contributed by atoms with E-state index >= 15 is 0 Å². The number of aryl methyl sites for hydroxylation is 1. The number of piperidine rings is 1. The van der Waals surface area contributed by atoms with E-state index in [1.807, 2.05) is 30.3 Å². The number of hydrogen-bond acceptors (Lipinski definition) is 10. The van der Waals surface area contributed by atoms with Crippen LogP contribution in [-0.4, -0.2) is 64.9 Å². The Kier molecular flexibility index (Phi) is 10.5. The molecule has 3 aromatic rings. The Morgan fingerprint density at radius 2 is 1.65 bits per heavy atom. The molecule has 4 rings (SSSR count). The number of hydrogen-bond donors (Lipinski definition) is 5. The first-order chi connectivity index (χ1) is 20.4. The summed E-state index contributed by atoms with van der Waals surface area (Å²) < 4.78 is 56.8. The number of aliphatic hydroxyl groups is 1. The smallest absolute Gasteiger partial charge is 0.409 e. The number of nitrogens with one attached hydrogen (secondary N) is 3. The Labute approximate surface area is 252 Å². The predicted octanol–water partition coefficient (Wildman–Crippen LogP) is 2.89. The summed E-state index contributed by atoms with van der Waals surface area (Å²) in [5, 5.41) is 23.9. The Hall–Kier alpha value is -3.85. The van der Waals surface area contributed by atoms with Crippen LogP contribution in [0, 0.1) is 0 Å². The van der Waals surface area contributed by atoms with Gasteiger partial charge in [-0.3, -0.25) is 14.2 Å². The number of phenols is 1. The molecule has 0 amide bonds. The number of rotatable bonds is 13. The van der Waals surface area contributed by atoms with Crippen LogP contribution >= 0.6 is 0 Å². The van der Waals surface area contributed by atoms with Crippen molar-refractivity contribution in [2.75, 3.05) is 40.2 Å². The molecule has 0 unspecified atom stereocenters. The lowest BCUT2D eigenvalue weighted by molar-refractivity contribution is -0.133. The maximum absolute atomic E-state index is 12.3. The number of carbonyl (C=O) groups is 1. The van der Waals surface area contributed by atoms with Crippen molar-refractivity contribution in [2.45, 2.75) is 37.8 Å². The quantitative estimate of drug-likeness (QED) is 0.176. The van der Waals surface area contributed by atoms with Gasteiger partial charge in [0.05, 0.1) is 30.2 Å². The lowest BCUT2D eigenvalue weighted by atomic mass is 10.0. The average Bonchev–Trinajstić information content (AvgIpc) is 2.96. The summed E-state index contributed by atoms with van der Waals surface area (Å²) in [6.45, 7) is 1.72. The number of anilines is 3. The van der Waals surface area contributed by atoms with Gasteiger partial charge >= 0.3 is 16.3 Å². The molecule has 3 aromatic carbocycles. The number of aromatic hydroxyl groups is 1. The molecular formula is C29H36N4O8S2. The van der Waals surface area contributed by atoms with E-state index < -0.39 is 32.4 Å². The van der Waals surface area contributed by atoms with E-state index in [-0.39, 0.29) is 36.1 Å². The summed E-state index contributed by atoms with van der Waals surface area (Å²) in [5.41, 5.74) is 2.56. The SMILES string of the molecule is CS(=O)(=O)Nc1cc([C@@H](O)CNC2CCN(c3ccc(NS(=O)(=O)OC(=O)CCc4ccccc4)cc3)CC2)ccc1O. The van der Waals surface area contributed by atoms with Crippen LogP contribution in [0.15, 0.2) is 72.8 Å². The van der Waals surface area contributed by atoms with Crippen LogP contribution in [0.4, 0.5) is 17.1 Å². The van der Waals surface area contributed by atoms with E-state index in [4.69, 9.17) is 0 Å². The van der Waals surface area contributed by atoms with Crippen LogP contribution in [0.25, 0.3) is 0 Å². The Bertz CT molecular complexity index is 1590. The van der Waals surface area contributed by atoms with Crippen molar-refractivity contribution in [3.05, 3.63) is 83.9 Å². The fourth-order valence-corrected chi connectivity index (χ4v) is 6.10. The third-order valence-electron chi connectivity index (χ3n) is 6.93. The van der Waals surface area contributed by atoms with E-state index in [0.717, 1.165) is 43.4 Å². The summed E-state index contributed by atoms with van der Waals surface area (Å²) in [6, 6.07) is 20.5. The third kappa shape index (κ3) is 10.1. The monoisotopic (exact) mass is 632 g/mol. The van der Waals surface area contributed by atoms with Crippen molar-refractivity contribution in [2.24, 2.45) is 0 Å². The second kappa shape index (κ2) is 14.1. The van der Waals surface area contributed by atoms with Crippen LogP contribution in [0.1, 0.15) is 36.5 Å². The van der Waals surface area contributed by atoms with Crippen molar-refractivity contribution in [3.63, 3.8) is 0 Å². The molecule has 232 valence electrons. The highest BCUT2D eigenvalue weighted by molar-refractivity contribution is 7.92. The van der Waals surface area contributed by atoms with Crippen molar-refractivity contribution >= 4 is 43.4 Å². The molecule has 0 spiro atoms. The largest absolute Gasteiger partial charge is 0.506 e. The maximum atomic E-state index is 12.3. The minimum atomic E-state index is -4.31. The minimum Gasteiger partial charge on any atom is -0.506 e. The predicted molar refractivity (Wildman–Crippen MR) is 165 cm³/mol. The molecule has 0 radical (unpaired) electrons. The van der Waals surface area contributed by atoms with Gasteiger partial charge in [-0.05, 0) is 66.8 Å². The lowest BCUT2D eigenvalue weighted by Gasteiger charge is -2.34. The van der Waals surface area contributed by atoms with Crippen LogP contribution in [0.5, 0.6) is 5.75 Å². The number of sulfonamides is 1. The van der Waals surface area contributed by atoms with Gasteiger partial charge in [-0.1, -0.05) is 36.4 Å². The zero-order chi connectivity index (χ0) is 31.0. The first-order valence-electron chi connectivity index (χ1n) is 13.7. The van der Waals surface area contributed by atoms with Crippen LogP contribution in [-0.2, 0) is 35.7 Å². The number of aliphatic hydroxyl groups excluding tert-OH is 1. The molecule has 1 fully saturated rings. The van der Waals surface area contributed by atoms with E-state index in [1.54, 1.807) is 24.3 Å². The molecule has 5 N–H and O–H groups in total. The van der Waals surface area contributed by atoms with Gasteiger partial charge in [-0.25, -0.2) is 8.42 Å². The first-order valence-corrected chi connectivity index (χ1v) is 17.0. The number of nitrogens with zero attached hydrogens (tertiary/aromatic N) is 1. The number of carbonyl (C=O) groups excluding carboxylic acids is 1. The van der Waals surface area contributed by atoms with E-state index in [2.05, 4.69) is 23.8 Å². The van der Waals surface area contributed by atoms with Gasteiger partial charge in [0, 0.05) is 31.4 Å². The molecule has 0 saturated carbocycles. The summed E-state index contributed by atoms with van der Waals surface area (Å²) in [4.78, 5) is 14.2. The molecule has 0 aliphatic carbocycles. The number of benzene rings is 3. The summed E-state index contributed by atoms with van der Waals surface area (Å²) >= 11 is 0. The second-order valence-electron chi connectivity index (χ2n) is 10.4. The zero-order valence-corrected chi connectivity index (χ0v) is 25.3. The summed E-state index contributed by atoms with van der Waals surface area (Å²) in [6.07, 6.45) is 1.99. The molecule has 1 saturated heterocycles. The summed E-state index contributed by atoms with van der Waals surface area (Å²) in [7, 11) is -7.90. The van der Waals surface area contributed by atoms with Crippen molar-refractivity contribution in [1.82, 2.24) is 5.32 Å². The van der Waals surface area contributed by atoms with E-state index in [1.165, 1.54) is 18.2 Å². The van der Waals surface area contributed by atoms with Gasteiger partial charge in [-0.15, -0.1) is 0 Å². The fourth-order valence-electron chi connectivity index (χ4n) is 4.74. The molecule has 12 nitrogen and oxygen atoms in total. The van der Waals surface area contributed by atoms with E-state index in [9.17, 15) is 31.8 Å². The highest BCUT2D eigenvalue weighted by atomic mass is 32.2. The van der Waals surface area contributed by atoms with Crippen LogP contribution in [0.3, 0.4) is 0 Å². The van der Waals surface area contributed by atoms with Gasteiger partial charge in [0.15, 0.2) is 0 Å². The topological polar surface area (TPSA) is 174 Å². The van der Waals surface area contributed by atoms with Crippen LogP contribution < -0.4 is 19.7 Å². The van der Waals surface area contributed by atoms with Gasteiger partial charge in [0.25, 0.3) is 0 Å². The van der Waals surface area contributed by atoms with Crippen molar-refractivity contribution in [3.8, 4) is 5.75 Å². The van der Waals surface area contributed by atoms with Gasteiger partial charge in [0.1, 0.15) is 5.75 Å². The molecule has 14 heteroatoms. The second-order valence-corrected chi connectivity index (χ2v) is 13.4. The minimum absolute atomic E-state index is 0.00558. The standard InChI is InChI=1S/C29H36N4O8S2/c1-42(37,38)32-26-19-22(8-13-27(26)34)28(35)20-30-23-15-17-33(18-16-23)25-11-9-24(10-12-25)31-43(39,40)41-29(36)14-7-21-5-3-2-4-6-21/h2-6,8-13,19,23,28,30-32,34-35H,7,14-18,20H2,1H3/t28-/m0/s1. The zero-order valence-electron chi connectivity index (χ0n) is 23.6. The van der Waals surface area contributed by atoms with Crippen LogP contribution in [0.2, 0.25) is 0 Å². The van der Waals surface area contributed by atoms with Gasteiger partial charge in [-0.2, -0.15) is 8.42 Å². The maximum Gasteiger partial charge on any atom is 0.409 e. The first kappa shape index (κ1) is 32.1. The lowest BCUT2D eigenvalue weighted by Crippen LogP contribution is -2.43. The molecule has 0 aromatic heterocycles. The van der Waals surface area contributed by atoms with Crippen molar-refractivity contribution in [1.29, 1.82) is 0 Å². The molecule has 1 aliphatic heterocycles. The molecule has 43 heavy (non-hydrogen) atoms. The number of phenolic OH excluding ortho intramolecular Hbond substituents is 1. The average molecular weight is 633 g/mol. The summed E-state index contributed by atoms with van der Waals surface area (Å²) in [5.74, 6) is -1.07. The molecule has 1 heterocycles. The molecule has 1 aliphatic rings. The third-order valence-corrected chi connectivity index (χ3v) is 8.42. The Balaban J connectivity index is 1.21. The van der Waals surface area contributed by atoms with Gasteiger partial charge in [0.2, 0.25) is 10.0 Å². The molecule has 0 bridgehead atoms. The molecular weight excluding hydrogens is 596 g/mol. The Morgan fingerprint density at radius 1 is 0.977 bits per heavy atom. The van der Waals surface area contributed by atoms with E-state index in [0.29, 0.717) is 12.0 Å². The van der Waals surface area contributed by atoms with Crippen molar-refractivity contribution < 1.29 is 36.0 Å². The Morgan fingerprint density at radius 3 is 2.30 bits per heavy atom. The normalized spacial score (nSPS) is 15.1. The fraction of sp³-hybridized carbons (Fsp3) is 0.345. The molecule has 1 atom stereocenters. The van der Waals surface area contributed by atoms with Gasteiger partial charge < -0.3 is 24.6 Å². The highest BCUT2D eigenvalue weighted by Gasteiger charge is 2.22.